The van der Waals surface area contributed by atoms with Crippen LogP contribution in [0.1, 0.15) is 29.9 Å². The number of fused-ring (bicyclic) bond motifs is 1. The fraction of sp³-hybridized carbons (Fsp3) is 0.400. The first-order valence-corrected chi connectivity index (χ1v) is 9.00. The first-order valence-electron chi connectivity index (χ1n) is 9.00. The second-order valence-corrected chi connectivity index (χ2v) is 6.71. The minimum absolute atomic E-state index is 0.0442. The van der Waals surface area contributed by atoms with E-state index in [2.05, 4.69) is 4.98 Å². The highest BCUT2D eigenvalue weighted by Crippen LogP contribution is 2.20. The standard InChI is InChI=1S/C20H26FN4O3/c1-7-25-12-15(20(27)28-8-2)18(26)14-9-16(21)17(22-19(14)25)13(10-23(3)4)11-24(5)6/h9-12H,7-8H2,1-6H3/q+1. The van der Waals surface area contributed by atoms with Crippen molar-refractivity contribution in [2.24, 2.45) is 0 Å². The Labute approximate surface area is 163 Å². The Balaban J connectivity index is 2.83. The van der Waals surface area contributed by atoms with E-state index in [4.69, 9.17) is 4.74 Å². The van der Waals surface area contributed by atoms with Crippen molar-refractivity contribution < 1.29 is 18.5 Å². The molecular formula is C20H26FN4O3+. The maximum atomic E-state index is 14.9. The van der Waals surface area contributed by atoms with E-state index in [0.717, 1.165) is 6.07 Å². The average molecular weight is 389 g/mol. The molecule has 2 aromatic heterocycles. The molecule has 0 amide bonds. The lowest BCUT2D eigenvalue weighted by molar-refractivity contribution is -0.458. The second kappa shape index (κ2) is 8.77. The SMILES string of the molecule is CCOC(=O)c1cn(CC)c2nc(/C(C=[N+](C)C)=C/N(C)C)c(F)cc2c1=O. The third-order valence-electron chi connectivity index (χ3n) is 3.91. The Morgan fingerprint density at radius 3 is 2.57 bits per heavy atom. The lowest BCUT2D eigenvalue weighted by atomic mass is 10.1. The van der Waals surface area contributed by atoms with E-state index >= 15 is 0 Å². The molecule has 0 aliphatic carbocycles. The lowest BCUT2D eigenvalue weighted by Crippen LogP contribution is -2.22. The van der Waals surface area contributed by atoms with Crippen LogP contribution in [-0.2, 0) is 11.3 Å². The number of carbonyl (C=O) groups is 1. The van der Waals surface area contributed by atoms with E-state index in [1.807, 2.05) is 35.1 Å². The normalized spacial score (nSPS) is 11.5. The fourth-order valence-corrected chi connectivity index (χ4v) is 2.80. The predicted octanol–water partition coefficient (Wildman–Crippen LogP) is 1.98. The van der Waals surface area contributed by atoms with Gasteiger partial charge in [0.25, 0.3) is 0 Å². The zero-order valence-corrected chi connectivity index (χ0v) is 17.1. The molecule has 0 N–H and O–H groups in total. The number of nitrogens with zero attached hydrogens (tertiary/aromatic N) is 4. The van der Waals surface area contributed by atoms with Gasteiger partial charge in [-0.15, -0.1) is 0 Å². The number of hydrogen-bond acceptors (Lipinski definition) is 5. The Hall–Kier alpha value is -3.03. The monoisotopic (exact) mass is 389 g/mol. The number of carbonyl (C=O) groups excluding carboxylic acids is 1. The number of rotatable bonds is 6. The smallest absolute Gasteiger partial charge is 0.343 e. The molecule has 8 heteroatoms. The first-order chi connectivity index (χ1) is 13.2. The molecule has 0 aliphatic heterocycles. The van der Waals surface area contributed by atoms with Gasteiger partial charge in [-0.25, -0.2) is 18.7 Å². The highest BCUT2D eigenvalue weighted by Gasteiger charge is 2.21. The highest BCUT2D eigenvalue weighted by molar-refractivity contribution is 6.07. The summed E-state index contributed by atoms with van der Waals surface area (Å²) in [5, 5.41) is 0.0442. The number of aryl methyl sites for hydroxylation is 1. The van der Waals surface area contributed by atoms with Crippen LogP contribution in [0, 0.1) is 5.82 Å². The average Bonchev–Trinajstić information content (AvgIpc) is 2.61. The number of aromatic nitrogens is 2. The molecule has 0 fully saturated rings. The number of halogens is 1. The Bertz CT molecular complexity index is 1020. The molecule has 0 unspecified atom stereocenters. The molecule has 0 saturated heterocycles. The largest absolute Gasteiger partial charge is 0.462 e. The van der Waals surface area contributed by atoms with E-state index < -0.39 is 17.2 Å². The summed E-state index contributed by atoms with van der Waals surface area (Å²) < 4.78 is 23.3. The first kappa shape index (κ1) is 21.3. The van der Waals surface area contributed by atoms with Crippen LogP contribution in [0.4, 0.5) is 4.39 Å². The van der Waals surface area contributed by atoms with Crippen molar-refractivity contribution in [1.29, 1.82) is 0 Å². The molecule has 7 nitrogen and oxygen atoms in total. The summed E-state index contributed by atoms with van der Waals surface area (Å²) in [5.41, 5.74) is 0.271. The van der Waals surface area contributed by atoms with Crippen LogP contribution in [-0.4, -0.2) is 66.0 Å². The van der Waals surface area contributed by atoms with Crippen LogP contribution in [0.2, 0.25) is 0 Å². The van der Waals surface area contributed by atoms with Gasteiger partial charge in [-0.2, -0.15) is 0 Å². The number of ether oxygens (including phenoxy) is 1. The van der Waals surface area contributed by atoms with Crippen molar-refractivity contribution in [3.63, 3.8) is 0 Å². The topological polar surface area (TPSA) is 67.4 Å². The van der Waals surface area contributed by atoms with Crippen molar-refractivity contribution in [3.8, 4) is 0 Å². The maximum absolute atomic E-state index is 14.9. The highest BCUT2D eigenvalue weighted by atomic mass is 19.1. The van der Waals surface area contributed by atoms with Gasteiger partial charge in [-0.3, -0.25) is 4.79 Å². The number of allylic oxidation sites excluding steroid dienone is 1. The van der Waals surface area contributed by atoms with Gasteiger partial charge in [-0.1, -0.05) is 0 Å². The van der Waals surface area contributed by atoms with Gasteiger partial charge in [0.15, 0.2) is 12.0 Å². The Kier molecular flexibility index (Phi) is 6.66. The summed E-state index contributed by atoms with van der Waals surface area (Å²) in [7, 11) is 7.32. The third-order valence-corrected chi connectivity index (χ3v) is 3.91. The molecule has 0 aromatic carbocycles. The quantitative estimate of drug-likeness (QED) is 0.429. The molecule has 0 radical (unpaired) electrons. The van der Waals surface area contributed by atoms with Crippen molar-refractivity contribution in [2.45, 2.75) is 20.4 Å². The van der Waals surface area contributed by atoms with Crippen LogP contribution in [0.3, 0.4) is 0 Å². The lowest BCUT2D eigenvalue weighted by Gasteiger charge is -2.13. The minimum atomic E-state index is -0.727. The molecular weight excluding hydrogens is 363 g/mol. The van der Waals surface area contributed by atoms with Crippen molar-refractivity contribution in [2.75, 3.05) is 34.8 Å². The third kappa shape index (κ3) is 4.44. The van der Waals surface area contributed by atoms with Crippen LogP contribution >= 0.6 is 0 Å². The molecule has 2 heterocycles. The van der Waals surface area contributed by atoms with E-state index in [9.17, 15) is 14.0 Å². The molecule has 2 aromatic rings. The van der Waals surface area contributed by atoms with Crippen molar-refractivity contribution >= 4 is 28.8 Å². The maximum Gasteiger partial charge on any atom is 0.343 e. The molecule has 2 rings (SSSR count). The Morgan fingerprint density at radius 1 is 1.36 bits per heavy atom. The van der Waals surface area contributed by atoms with Crippen LogP contribution in [0.25, 0.3) is 16.6 Å². The van der Waals surface area contributed by atoms with Gasteiger partial charge < -0.3 is 14.2 Å². The fourth-order valence-electron chi connectivity index (χ4n) is 2.80. The number of hydrogen-bond donors (Lipinski definition) is 0. The van der Waals surface area contributed by atoms with E-state index in [1.54, 1.807) is 33.4 Å². The van der Waals surface area contributed by atoms with Gasteiger partial charge in [0.05, 0.1) is 17.6 Å². The second-order valence-electron chi connectivity index (χ2n) is 6.71. The summed E-state index contributed by atoms with van der Waals surface area (Å²) in [6.45, 7) is 4.11. The summed E-state index contributed by atoms with van der Waals surface area (Å²) in [5.74, 6) is -1.37. The van der Waals surface area contributed by atoms with Crippen LogP contribution in [0.15, 0.2) is 23.3 Å². The summed E-state index contributed by atoms with van der Waals surface area (Å²) in [6, 6.07) is 1.14. The predicted molar refractivity (Wildman–Crippen MR) is 107 cm³/mol. The van der Waals surface area contributed by atoms with E-state index in [0.29, 0.717) is 17.8 Å². The summed E-state index contributed by atoms with van der Waals surface area (Å²) in [4.78, 5) is 31.1. The van der Waals surface area contributed by atoms with E-state index in [1.165, 1.54) is 6.20 Å². The van der Waals surface area contributed by atoms with Gasteiger partial charge >= 0.3 is 5.97 Å². The van der Waals surface area contributed by atoms with Crippen molar-refractivity contribution in [3.05, 3.63) is 45.8 Å². The van der Waals surface area contributed by atoms with Gasteiger partial charge in [0.1, 0.15) is 31.0 Å². The molecule has 28 heavy (non-hydrogen) atoms. The van der Waals surface area contributed by atoms with Crippen LogP contribution in [0.5, 0.6) is 0 Å². The van der Waals surface area contributed by atoms with Gasteiger partial charge in [0.2, 0.25) is 5.43 Å². The molecule has 0 saturated carbocycles. The Morgan fingerprint density at radius 2 is 2.04 bits per heavy atom. The molecule has 0 spiro atoms. The van der Waals surface area contributed by atoms with E-state index in [-0.39, 0.29) is 23.3 Å². The number of esters is 1. The molecule has 0 bridgehead atoms. The van der Waals surface area contributed by atoms with Crippen molar-refractivity contribution in [1.82, 2.24) is 14.5 Å². The zero-order valence-electron chi connectivity index (χ0n) is 17.1. The van der Waals surface area contributed by atoms with Crippen LogP contribution < -0.4 is 5.43 Å². The molecule has 0 atom stereocenters. The molecule has 150 valence electrons. The summed E-state index contributed by atoms with van der Waals surface area (Å²) in [6.07, 6.45) is 4.92. The van der Waals surface area contributed by atoms with Gasteiger partial charge in [-0.05, 0) is 19.9 Å². The minimum Gasteiger partial charge on any atom is -0.462 e. The summed E-state index contributed by atoms with van der Waals surface area (Å²) >= 11 is 0. The molecule has 0 aliphatic rings. The zero-order chi connectivity index (χ0) is 21.0. The van der Waals surface area contributed by atoms with Gasteiger partial charge in [0, 0.05) is 33.0 Å². The number of pyridine rings is 2.